The lowest BCUT2D eigenvalue weighted by Crippen LogP contribution is -2.11. The average molecular weight is 440 g/mol. The topological polar surface area (TPSA) is 61.2 Å². The maximum atomic E-state index is 12.6. The van der Waals surface area contributed by atoms with Crippen LogP contribution in [0.2, 0.25) is 15.1 Å². The van der Waals surface area contributed by atoms with Gasteiger partial charge in [0.15, 0.2) is 0 Å². The van der Waals surface area contributed by atoms with Gasteiger partial charge in [0.1, 0.15) is 5.56 Å². The van der Waals surface area contributed by atoms with Crippen LogP contribution in [0.3, 0.4) is 0 Å². The summed E-state index contributed by atoms with van der Waals surface area (Å²) < 4.78 is 6.42. The Bertz CT molecular complexity index is 1000. The molecule has 8 heteroatoms. The van der Waals surface area contributed by atoms with Crippen molar-refractivity contribution in [2.45, 2.75) is 13.8 Å². The van der Waals surface area contributed by atoms with Gasteiger partial charge in [0.25, 0.3) is 0 Å². The Balaban J connectivity index is 0.000000336. The van der Waals surface area contributed by atoms with Crippen molar-refractivity contribution < 1.29 is 14.3 Å². The number of hydrogen-bond acceptors (Lipinski definition) is 4. The highest BCUT2D eigenvalue weighted by Gasteiger charge is 2.25. The number of aryl methyl sites for hydroxylation is 2. The Labute approximate surface area is 177 Å². The van der Waals surface area contributed by atoms with Crippen molar-refractivity contribution in [2.75, 3.05) is 0 Å². The summed E-state index contributed by atoms with van der Waals surface area (Å²) in [6.07, 6.45) is 0. The first-order valence-corrected chi connectivity index (χ1v) is 9.26. The summed E-state index contributed by atoms with van der Waals surface area (Å²) in [7, 11) is 1.59. The van der Waals surface area contributed by atoms with Gasteiger partial charge in [0.2, 0.25) is 11.7 Å². The zero-order valence-electron chi connectivity index (χ0n) is 15.4. The third-order valence-electron chi connectivity index (χ3n) is 3.55. The average Bonchev–Trinajstić information content (AvgIpc) is 2.88. The molecule has 28 heavy (non-hydrogen) atoms. The summed E-state index contributed by atoms with van der Waals surface area (Å²) in [5, 5.41) is 5.56. The van der Waals surface area contributed by atoms with Crippen LogP contribution in [0, 0.1) is 6.92 Å². The number of carbonyl (C=O) groups is 2. The van der Waals surface area contributed by atoms with E-state index in [1.165, 1.54) is 23.7 Å². The molecule has 1 heterocycles. The third kappa shape index (κ3) is 5.58. The molecular formula is C20H17Cl3N2O3. The van der Waals surface area contributed by atoms with E-state index in [1.807, 2.05) is 30.3 Å². The van der Waals surface area contributed by atoms with E-state index in [4.69, 9.17) is 39.5 Å². The van der Waals surface area contributed by atoms with Crippen LogP contribution in [0.25, 0.3) is 0 Å². The number of carbonyl (C=O) groups excluding carboxylic acids is 2. The second kappa shape index (κ2) is 9.73. The largest absolute Gasteiger partial charge is 0.407 e. The Morgan fingerprint density at radius 2 is 1.64 bits per heavy atom. The fourth-order valence-electron chi connectivity index (χ4n) is 2.37. The van der Waals surface area contributed by atoms with E-state index in [0.717, 1.165) is 5.02 Å². The third-order valence-corrected chi connectivity index (χ3v) is 4.35. The monoisotopic (exact) mass is 438 g/mol. The molecule has 0 aliphatic rings. The first-order valence-electron chi connectivity index (χ1n) is 8.13. The molecule has 0 aliphatic heterocycles. The molecule has 146 valence electrons. The minimum absolute atomic E-state index is 0.0935. The van der Waals surface area contributed by atoms with E-state index in [1.54, 1.807) is 20.0 Å². The number of ketones is 1. The quantitative estimate of drug-likeness (QED) is 0.397. The smallest absolute Gasteiger partial charge is 0.309 e. The highest BCUT2D eigenvalue weighted by atomic mass is 35.5. The van der Waals surface area contributed by atoms with E-state index < -0.39 is 5.97 Å². The van der Waals surface area contributed by atoms with Gasteiger partial charge in [-0.15, -0.1) is 0 Å². The van der Waals surface area contributed by atoms with Crippen LogP contribution in [-0.4, -0.2) is 21.5 Å². The molecule has 0 amide bonds. The number of aromatic nitrogens is 2. The Morgan fingerprint density at radius 3 is 2.14 bits per heavy atom. The molecule has 0 spiro atoms. The van der Waals surface area contributed by atoms with Gasteiger partial charge in [-0.1, -0.05) is 53.0 Å². The van der Waals surface area contributed by atoms with Gasteiger partial charge in [0.05, 0.1) is 10.7 Å². The number of nitrogens with zero attached hydrogens (tertiary/aromatic N) is 2. The Hall–Kier alpha value is -2.34. The van der Waals surface area contributed by atoms with Crippen LogP contribution in [0.4, 0.5) is 0 Å². The van der Waals surface area contributed by atoms with E-state index >= 15 is 0 Å². The fourth-order valence-corrected chi connectivity index (χ4v) is 3.01. The maximum absolute atomic E-state index is 12.6. The first kappa shape index (κ1) is 22.0. The van der Waals surface area contributed by atoms with E-state index in [9.17, 15) is 9.59 Å². The predicted molar refractivity (Wildman–Crippen MR) is 111 cm³/mol. The highest BCUT2D eigenvalue weighted by Crippen LogP contribution is 2.29. The molecule has 0 saturated heterocycles. The summed E-state index contributed by atoms with van der Waals surface area (Å²) >= 11 is 17.4. The number of rotatable bonds is 3. The molecule has 3 rings (SSSR count). The van der Waals surface area contributed by atoms with Crippen LogP contribution in [0.1, 0.15) is 28.5 Å². The predicted octanol–water partition coefficient (Wildman–Crippen LogP) is 5.53. The summed E-state index contributed by atoms with van der Waals surface area (Å²) in [5.41, 5.74) is 0.923. The Morgan fingerprint density at radius 1 is 1.00 bits per heavy atom. The Kier molecular flexibility index (Phi) is 7.63. The minimum Gasteiger partial charge on any atom is -0.407 e. The second-order valence-corrected chi connectivity index (χ2v) is 7.01. The molecule has 3 aromatic rings. The van der Waals surface area contributed by atoms with Crippen LogP contribution < -0.4 is 4.74 Å². The molecule has 0 fully saturated rings. The van der Waals surface area contributed by atoms with Crippen molar-refractivity contribution in [1.82, 2.24) is 9.78 Å². The highest BCUT2D eigenvalue weighted by molar-refractivity contribution is 6.37. The minimum atomic E-state index is -0.533. The SMILES string of the molecule is CC(=O)Oc1c(C(=O)c2ccc(Cl)cc2Cl)c(C)nn1C.Clc1ccccc1. The number of ether oxygens (including phenoxy) is 1. The second-order valence-electron chi connectivity index (χ2n) is 5.73. The number of benzene rings is 2. The molecule has 0 aliphatic carbocycles. The molecular weight excluding hydrogens is 423 g/mol. The molecule has 0 bridgehead atoms. The van der Waals surface area contributed by atoms with Gasteiger partial charge in [-0.3, -0.25) is 9.59 Å². The zero-order chi connectivity index (χ0) is 20.8. The number of halogens is 3. The lowest BCUT2D eigenvalue weighted by Gasteiger charge is -2.07. The summed E-state index contributed by atoms with van der Waals surface area (Å²) in [4.78, 5) is 23.8. The normalized spacial score (nSPS) is 10.1. The van der Waals surface area contributed by atoms with Crippen molar-refractivity contribution in [2.24, 2.45) is 7.05 Å². The zero-order valence-corrected chi connectivity index (χ0v) is 17.6. The van der Waals surface area contributed by atoms with Gasteiger partial charge >= 0.3 is 5.97 Å². The lowest BCUT2D eigenvalue weighted by molar-refractivity contribution is -0.132. The van der Waals surface area contributed by atoms with Crippen LogP contribution in [0.15, 0.2) is 48.5 Å². The first-order chi connectivity index (χ1) is 13.2. The van der Waals surface area contributed by atoms with Crippen molar-refractivity contribution in [3.63, 3.8) is 0 Å². The fraction of sp³-hybridized carbons (Fsp3) is 0.150. The summed E-state index contributed by atoms with van der Waals surface area (Å²) in [6, 6.07) is 14.0. The van der Waals surface area contributed by atoms with Crippen molar-refractivity contribution >= 4 is 46.6 Å². The van der Waals surface area contributed by atoms with Gasteiger partial charge in [-0.05, 0) is 37.3 Å². The van der Waals surface area contributed by atoms with Crippen LogP contribution in [0.5, 0.6) is 5.88 Å². The molecule has 2 aromatic carbocycles. The van der Waals surface area contributed by atoms with Gasteiger partial charge in [-0.25, -0.2) is 4.68 Å². The number of hydrogen-bond donors (Lipinski definition) is 0. The van der Waals surface area contributed by atoms with Crippen molar-refractivity contribution in [3.8, 4) is 5.88 Å². The molecule has 0 N–H and O–H groups in total. The lowest BCUT2D eigenvalue weighted by atomic mass is 10.0. The maximum Gasteiger partial charge on any atom is 0.309 e. The van der Waals surface area contributed by atoms with Crippen LogP contribution in [-0.2, 0) is 11.8 Å². The molecule has 5 nitrogen and oxygen atoms in total. The molecule has 1 aromatic heterocycles. The van der Waals surface area contributed by atoms with Gasteiger partial charge < -0.3 is 4.74 Å². The van der Waals surface area contributed by atoms with Crippen molar-refractivity contribution in [1.29, 1.82) is 0 Å². The van der Waals surface area contributed by atoms with Crippen molar-refractivity contribution in [3.05, 3.63) is 80.4 Å². The van der Waals surface area contributed by atoms with Crippen LogP contribution >= 0.6 is 34.8 Å². The van der Waals surface area contributed by atoms with E-state index in [-0.39, 0.29) is 27.8 Å². The van der Waals surface area contributed by atoms with Gasteiger partial charge in [0, 0.05) is 29.6 Å². The van der Waals surface area contributed by atoms with E-state index in [0.29, 0.717) is 10.7 Å². The summed E-state index contributed by atoms with van der Waals surface area (Å²) in [6.45, 7) is 2.91. The number of esters is 1. The van der Waals surface area contributed by atoms with Gasteiger partial charge in [-0.2, -0.15) is 5.10 Å². The molecule has 0 radical (unpaired) electrons. The standard InChI is InChI=1S/C14H12Cl2N2O3.C6H5Cl/c1-7-12(14(18(3)17-7)21-8(2)19)13(20)10-5-4-9(15)6-11(10)16;7-6-4-2-1-3-5-6/h4-6H,1-3H3;1-5H. The molecule has 0 atom stereocenters. The molecule has 0 unspecified atom stereocenters. The van der Waals surface area contributed by atoms with E-state index in [2.05, 4.69) is 5.10 Å². The molecule has 0 saturated carbocycles. The summed E-state index contributed by atoms with van der Waals surface area (Å²) in [5.74, 6) is -0.816.